The fourth-order valence-electron chi connectivity index (χ4n) is 2.48. The largest absolute Gasteiger partial charge is 0.573 e. The molecule has 1 amide bonds. The van der Waals surface area contributed by atoms with Crippen LogP contribution in [-0.4, -0.2) is 24.3 Å². The van der Waals surface area contributed by atoms with Crippen molar-refractivity contribution in [3.05, 3.63) is 65.8 Å². The van der Waals surface area contributed by atoms with Gasteiger partial charge in [0.15, 0.2) is 0 Å². The summed E-state index contributed by atoms with van der Waals surface area (Å²) in [6, 6.07) is 8.39. The summed E-state index contributed by atoms with van der Waals surface area (Å²) in [6.07, 6.45) is -1.75. The number of aromatic nitrogens is 1. The van der Waals surface area contributed by atoms with Crippen LogP contribution in [-0.2, 0) is 10.4 Å². The number of amides is 1. The molecule has 148 valence electrons. The molecule has 0 radical (unpaired) electrons. The standard InChI is InChI=1S/C18H16F3N3O4/c1-17(11-3-5-12(6-4-11)27-18(19,20)21)9-15(24-28-17)26-13-7-8-14(23-10-13)16(25)22-2/h3-10,24H,1-2H3,(H,22,25)/t17-/m1/s1. The van der Waals surface area contributed by atoms with E-state index in [1.807, 2.05) is 0 Å². The van der Waals surface area contributed by atoms with Crippen molar-refractivity contribution in [2.45, 2.75) is 18.9 Å². The summed E-state index contributed by atoms with van der Waals surface area (Å²) in [6.45, 7) is 1.71. The average molecular weight is 395 g/mol. The molecule has 0 aliphatic carbocycles. The van der Waals surface area contributed by atoms with Crippen LogP contribution >= 0.6 is 0 Å². The molecule has 1 aliphatic rings. The first-order valence-electron chi connectivity index (χ1n) is 8.08. The molecule has 2 aromatic rings. The zero-order valence-electron chi connectivity index (χ0n) is 14.8. The van der Waals surface area contributed by atoms with Gasteiger partial charge >= 0.3 is 6.36 Å². The number of alkyl halides is 3. The van der Waals surface area contributed by atoms with Crippen molar-refractivity contribution < 1.29 is 32.3 Å². The van der Waals surface area contributed by atoms with Crippen LogP contribution in [0.5, 0.6) is 11.5 Å². The fraction of sp³-hybridized carbons (Fsp3) is 0.222. The Kier molecular flexibility index (Phi) is 5.14. The highest BCUT2D eigenvalue weighted by Crippen LogP contribution is 2.33. The molecular formula is C18H16F3N3O4. The van der Waals surface area contributed by atoms with Crippen LogP contribution in [0.2, 0.25) is 0 Å². The molecule has 0 fully saturated rings. The Morgan fingerprint density at radius 3 is 2.43 bits per heavy atom. The lowest BCUT2D eigenvalue weighted by atomic mass is 9.96. The molecule has 28 heavy (non-hydrogen) atoms. The molecule has 0 saturated carbocycles. The Bertz CT molecular complexity index is 882. The molecule has 0 bridgehead atoms. The molecule has 0 saturated heterocycles. The van der Waals surface area contributed by atoms with Crippen LogP contribution in [0, 0.1) is 0 Å². The highest BCUT2D eigenvalue weighted by molar-refractivity contribution is 5.91. The van der Waals surface area contributed by atoms with Crippen molar-refractivity contribution in [2.24, 2.45) is 0 Å². The maximum Gasteiger partial charge on any atom is 0.573 e. The summed E-state index contributed by atoms with van der Waals surface area (Å²) in [5.41, 5.74) is 2.47. The number of carbonyl (C=O) groups is 1. The molecule has 0 spiro atoms. The second-order valence-electron chi connectivity index (χ2n) is 5.95. The van der Waals surface area contributed by atoms with E-state index in [0.717, 1.165) is 0 Å². The normalized spacial score (nSPS) is 18.8. The van der Waals surface area contributed by atoms with Gasteiger partial charge in [-0.15, -0.1) is 13.2 Å². The molecule has 3 rings (SSSR count). The van der Waals surface area contributed by atoms with Gasteiger partial charge in [0.1, 0.15) is 22.8 Å². The van der Waals surface area contributed by atoms with Crippen molar-refractivity contribution in [3.63, 3.8) is 0 Å². The van der Waals surface area contributed by atoms with E-state index >= 15 is 0 Å². The topological polar surface area (TPSA) is 81.7 Å². The smallest absolute Gasteiger partial charge is 0.438 e. The van der Waals surface area contributed by atoms with E-state index in [9.17, 15) is 18.0 Å². The molecule has 0 unspecified atom stereocenters. The summed E-state index contributed by atoms with van der Waals surface area (Å²) < 4.78 is 46.2. The molecule has 1 aliphatic heterocycles. The molecule has 1 atom stereocenters. The Morgan fingerprint density at radius 1 is 1.18 bits per heavy atom. The predicted octanol–water partition coefficient (Wildman–Crippen LogP) is 3.01. The first-order chi connectivity index (χ1) is 13.2. The summed E-state index contributed by atoms with van der Waals surface area (Å²) in [4.78, 5) is 21.0. The minimum atomic E-state index is -4.75. The number of nitrogens with zero attached hydrogens (tertiary/aromatic N) is 1. The number of halogens is 3. The van der Waals surface area contributed by atoms with E-state index in [1.165, 1.54) is 43.6 Å². The van der Waals surface area contributed by atoms with E-state index < -0.39 is 12.0 Å². The lowest BCUT2D eigenvalue weighted by Crippen LogP contribution is -2.23. The Labute approximate surface area is 158 Å². The fourth-order valence-corrected chi connectivity index (χ4v) is 2.48. The third-order valence-corrected chi connectivity index (χ3v) is 3.86. The minimum absolute atomic E-state index is 0.241. The van der Waals surface area contributed by atoms with E-state index in [2.05, 4.69) is 20.5 Å². The second-order valence-corrected chi connectivity index (χ2v) is 5.95. The number of hydrogen-bond donors (Lipinski definition) is 2. The molecule has 2 heterocycles. The van der Waals surface area contributed by atoms with Gasteiger partial charge in [0.2, 0.25) is 5.88 Å². The first kappa shape index (κ1) is 19.5. The van der Waals surface area contributed by atoms with Crippen molar-refractivity contribution in [1.29, 1.82) is 0 Å². The number of rotatable bonds is 5. The second kappa shape index (κ2) is 7.39. The lowest BCUT2D eigenvalue weighted by Gasteiger charge is -2.20. The third-order valence-electron chi connectivity index (χ3n) is 3.86. The quantitative estimate of drug-likeness (QED) is 0.810. The average Bonchev–Trinajstić information content (AvgIpc) is 3.03. The number of hydrogen-bond acceptors (Lipinski definition) is 6. The van der Waals surface area contributed by atoms with Crippen LogP contribution in [0.3, 0.4) is 0 Å². The number of hydroxylamine groups is 1. The van der Waals surface area contributed by atoms with E-state index in [4.69, 9.17) is 9.57 Å². The maximum absolute atomic E-state index is 12.3. The maximum atomic E-state index is 12.3. The summed E-state index contributed by atoms with van der Waals surface area (Å²) in [7, 11) is 1.50. The molecule has 1 aromatic carbocycles. The van der Waals surface area contributed by atoms with Crippen LogP contribution in [0.4, 0.5) is 13.2 Å². The van der Waals surface area contributed by atoms with Gasteiger partial charge in [0, 0.05) is 13.1 Å². The van der Waals surface area contributed by atoms with E-state index in [1.54, 1.807) is 19.1 Å². The number of pyridine rings is 1. The number of ether oxygens (including phenoxy) is 2. The lowest BCUT2D eigenvalue weighted by molar-refractivity contribution is -0.274. The highest BCUT2D eigenvalue weighted by Gasteiger charge is 2.34. The van der Waals surface area contributed by atoms with Crippen LogP contribution in [0.25, 0.3) is 0 Å². The third kappa shape index (κ3) is 4.52. The Hall–Kier alpha value is -3.27. The van der Waals surface area contributed by atoms with Gasteiger partial charge in [-0.05, 0) is 36.8 Å². The Balaban J connectivity index is 1.70. The minimum Gasteiger partial charge on any atom is -0.438 e. The van der Waals surface area contributed by atoms with Gasteiger partial charge in [0.05, 0.1) is 6.20 Å². The molecule has 10 heteroatoms. The summed E-state index contributed by atoms with van der Waals surface area (Å²) >= 11 is 0. The molecular weight excluding hydrogens is 379 g/mol. The molecule has 1 aromatic heterocycles. The highest BCUT2D eigenvalue weighted by atomic mass is 19.4. The van der Waals surface area contributed by atoms with Crippen molar-refractivity contribution in [3.8, 4) is 11.5 Å². The zero-order chi connectivity index (χ0) is 20.4. The number of benzene rings is 1. The zero-order valence-corrected chi connectivity index (χ0v) is 14.8. The van der Waals surface area contributed by atoms with Gasteiger partial charge in [0.25, 0.3) is 5.91 Å². The Morgan fingerprint density at radius 2 is 1.86 bits per heavy atom. The predicted molar refractivity (Wildman–Crippen MR) is 91.0 cm³/mol. The SMILES string of the molecule is CNC(=O)c1ccc(OC2=C[C@](C)(c3ccc(OC(F)(F)F)cc3)ON2)cn1. The molecule has 7 nitrogen and oxygen atoms in total. The van der Waals surface area contributed by atoms with Crippen LogP contribution < -0.4 is 20.3 Å². The van der Waals surface area contributed by atoms with Gasteiger partial charge in [-0.3, -0.25) is 9.63 Å². The number of nitrogens with one attached hydrogen (secondary N) is 2. The van der Waals surface area contributed by atoms with Gasteiger partial charge < -0.3 is 14.8 Å². The summed E-state index contributed by atoms with van der Waals surface area (Å²) in [5.74, 6) is -0.00653. The first-order valence-corrected chi connectivity index (χ1v) is 8.08. The van der Waals surface area contributed by atoms with Crippen molar-refractivity contribution in [1.82, 2.24) is 15.8 Å². The summed E-state index contributed by atoms with van der Waals surface area (Å²) in [5, 5.41) is 2.46. The monoisotopic (exact) mass is 395 g/mol. The van der Waals surface area contributed by atoms with Crippen LogP contribution in [0.1, 0.15) is 23.0 Å². The molecule has 2 N–H and O–H groups in total. The van der Waals surface area contributed by atoms with Gasteiger partial charge in [-0.25, -0.2) is 10.5 Å². The van der Waals surface area contributed by atoms with Gasteiger partial charge in [-0.1, -0.05) is 12.1 Å². The van der Waals surface area contributed by atoms with E-state index in [-0.39, 0.29) is 23.2 Å². The van der Waals surface area contributed by atoms with Crippen molar-refractivity contribution in [2.75, 3.05) is 7.05 Å². The number of carbonyl (C=O) groups excluding carboxylic acids is 1. The van der Waals surface area contributed by atoms with E-state index in [0.29, 0.717) is 11.3 Å². The van der Waals surface area contributed by atoms with Crippen molar-refractivity contribution >= 4 is 5.91 Å². The van der Waals surface area contributed by atoms with Crippen LogP contribution in [0.15, 0.2) is 54.6 Å². The van der Waals surface area contributed by atoms with Gasteiger partial charge in [-0.2, -0.15) is 0 Å².